The highest BCUT2D eigenvalue weighted by Gasteiger charge is 1.97. The third kappa shape index (κ3) is 2.86. The number of rotatable bonds is 2. The van der Waals surface area contributed by atoms with Crippen molar-refractivity contribution in [2.45, 2.75) is 20.8 Å². The van der Waals surface area contributed by atoms with Gasteiger partial charge in [0.2, 0.25) is 0 Å². The molecule has 0 aromatic heterocycles. The lowest BCUT2D eigenvalue weighted by Crippen LogP contribution is -1.79. The maximum atomic E-state index is 3.88. The second kappa shape index (κ2) is 6.18. The van der Waals surface area contributed by atoms with Crippen molar-refractivity contribution in [3.63, 3.8) is 0 Å². The van der Waals surface area contributed by atoms with Crippen LogP contribution in [0.1, 0.15) is 25.0 Å². The average molecular weight is 175 g/mol. The molecule has 0 spiro atoms. The molecule has 1 nitrogen and oxygen atoms in total. The summed E-state index contributed by atoms with van der Waals surface area (Å²) in [6, 6.07) is 5.93. The molecule has 1 rings (SSSR count). The Morgan fingerprint density at radius 1 is 1.31 bits per heavy atom. The zero-order chi connectivity index (χ0) is 10.3. The lowest BCUT2D eigenvalue weighted by atomic mass is 10.1. The van der Waals surface area contributed by atoms with Crippen LogP contribution in [0.2, 0.25) is 0 Å². The summed E-state index contributed by atoms with van der Waals surface area (Å²) in [6.45, 7) is 13.2. The SMILES string of the molecule is C=Cc1c(C)cccc1N=C.CC. The Hall–Kier alpha value is -1.37. The first-order valence-electron chi connectivity index (χ1n) is 4.48. The molecule has 70 valence electrons. The number of hydrogen-bond acceptors (Lipinski definition) is 1. The summed E-state index contributed by atoms with van der Waals surface area (Å²) in [6.07, 6.45) is 1.80. The molecule has 0 fully saturated rings. The van der Waals surface area contributed by atoms with E-state index in [-0.39, 0.29) is 0 Å². The molecule has 0 atom stereocenters. The molecule has 0 saturated heterocycles. The first-order valence-corrected chi connectivity index (χ1v) is 4.48. The summed E-state index contributed by atoms with van der Waals surface area (Å²) < 4.78 is 0. The van der Waals surface area contributed by atoms with Crippen LogP contribution in [0, 0.1) is 6.92 Å². The summed E-state index contributed by atoms with van der Waals surface area (Å²) >= 11 is 0. The molecular weight excluding hydrogens is 158 g/mol. The second-order valence-corrected chi connectivity index (χ2v) is 2.37. The van der Waals surface area contributed by atoms with Crippen LogP contribution in [0.4, 0.5) is 5.69 Å². The van der Waals surface area contributed by atoms with Crippen LogP contribution >= 0.6 is 0 Å². The molecule has 0 aliphatic rings. The van der Waals surface area contributed by atoms with E-state index in [1.807, 2.05) is 39.0 Å². The van der Waals surface area contributed by atoms with E-state index in [2.05, 4.69) is 18.3 Å². The van der Waals surface area contributed by atoms with Gasteiger partial charge >= 0.3 is 0 Å². The van der Waals surface area contributed by atoms with Crippen molar-refractivity contribution in [3.8, 4) is 0 Å². The average Bonchev–Trinajstić information content (AvgIpc) is 2.20. The zero-order valence-corrected chi connectivity index (χ0v) is 8.67. The molecule has 1 aromatic rings. The van der Waals surface area contributed by atoms with E-state index in [4.69, 9.17) is 0 Å². The van der Waals surface area contributed by atoms with Crippen molar-refractivity contribution in [2.75, 3.05) is 0 Å². The number of aryl methyl sites for hydroxylation is 1. The van der Waals surface area contributed by atoms with Gasteiger partial charge in [-0.05, 0) is 25.3 Å². The molecule has 1 aromatic carbocycles. The fraction of sp³-hybridized carbons (Fsp3) is 0.250. The minimum Gasteiger partial charge on any atom is -0.264 e. The van der Waals surface area contributed by atoms with Gasteiger partial charge in [0.1, 0.15) is 0 Å². The van der Waals surface area contributed by atoms with E-state index >= 15 is 0 Å². The predicted molar refractivity (Wildman–Crippen MR) is 61.8 cm³/mol. The molecule has 0 saturated carbocycles. The van der Waals surface area contributed by atoms with Gasteiger partial charge in [-0.2, -0.15) is 0 Å². The number of nitrogens with zero attached hydrogens (tertiary/aromatic N) is 1. The first kappa shape index (κ1) is 11.6. The van der Waals surface area contributed by atoms with E-state index in [1.54, 1.807) is 6.08 Å². The second-order valence-electron chi connectivity index (χ2n) is 2.37. The van der Waals surface area contributed by atoms with Crippen LogP contribution in [0.5, 0.6) is 0 Å². The molecule has 0 aliphatic heterocycles. The molecule has 1 heteroatoms. The van der Waals surface area contributed by atoms with Gasteiger partial charge in [0.05, 0.1) is 5.69 Å². The van der Waals surface area contributed by atoms with Crippen LogP contribution < -0.4 is 0 Å². The molecule has 0 aliphatic carbocycles. The van der Waals surface area contributed by atoms with Gasteiger partial charge in [-0.1, -0.05) is 38.6 Å². The fourth-order valence-corrected chi connectivity index (χ4v) is 1.07. The van der Waals surface area contributed by atoms with Crippen molar-refractivity contribution < 1.29 is 0 Å². The van der Waals surface area contributed by atoms with Gasteiger partial charge in [-0.15, -0.1) is 0 Å². The van der Waals surface area contributed by atoms with E-state index < -0.39 is 0 Å². The highest BCUT2D eigenvalue weighted by atomic mass is 14.7. The van der Waals surface area contributed by atoms with Crippen molar-refractivity contribution in [1.29, 1.82) is 0 Å². The summed E-state index contributed by atoms with van der Waals surface area (Å²) in [7, 11) is 0. The molecule has 13 heavy (non-hydrogen) atoms. The van der Waals surface area contributed by atoms with Gasteiger partial charge in [-0.3, -0.25) is 4.99 Å². The molecule has 0 heterocycles. The fourth-order valence-electron chi connectivity index (χ4n) is 1.07. The number of aliphatic imine (C=N–C) groups is 1. The molecule has 0 radical (unpaired) electrons. The molecule has 0 amide bonds. The van der Waals surface area contributed by atoms with E-state index in [9.17, 15) is 0 Å². The Bertz CT molecular complexity index is 287. The predicted octanol–water partition coefficient (Wildman–Crippen LogP) is 4.00. The van der Waals surface area contributed by atoms with Crippen molar-refractivity contribution in [3.05, 3.63) is 35.9 Å². The minimum atomic E-state index is 0.903. The van der Waals surface area contributed by atoms with Crippen LogP contribution in [-0.2, 0) is 0 Å². The zero-order valence-electron chi connectivity index (χ0n) is 8.67. The van der Waals surface area contributed by atoms with E-state index in [1.165, 1.54) is 5.56 Å². The number of benzene rings is 1. The quantitative estimate of drug-likeness (QED) is 0.602. The highest BCUT2D eigenvalue weighted by Crippen LogP contribution is 2.22. The standard InChI is InChI=1S/C10H11N.C2H6/c1-4-9-8(2)6-5-7-10(9)11-3;1-2/h4-7H,1,3H2,2H3;1-2H3. The first-order chi connectivity index (χ1) is 6.29. The Labute approximate surface area is 80.8 Å². The van der Waals surface area contributed by atoms with Gasteiger partial charge in [-0.25, -0.2) is 0 Å². The van der Waals surface area contributed by atoms with Gasteiger partial charge in [0.25, 0.3) is 0 Å². The Morgan fingerprint density at radius 2 is 1.92 bits per heavy atom. The van der Waals surface area contributed by atoms with Gasteiger partial charge in [0.15, 0.2) is 0 Å². The monoisotopic (exact) mass is 175 g/mol. The third-order valence-electron chi connectivity index (χ3n) is 1.68. The summed E-state index contributed by atoms with van der Waals surface area (Å²) in [5.41, 5.74) is 3.16. The lowest BCUT2D eigenvalue weighted by molar-refractivity contribution is 1.41. The number of hydrogen-bond donors (Lipinski definition) is 0. The Balaban J connectivity index is 0.000000671. The minimum absolute atomic E-state index is 0.903. The lowest BCUT2D eigenvalue weighted by Gasteiger charge is -2.02. The summed E-state index contributed by atoms with van der Waals surface area (Å²) in [5, 5.41) is 0. The molecule has 0 bridgehead atoms. The largest absolute Gasteiger partial charge is 0.264 e. The van der Waals surface area contributed by atoms with Crippen LogP contribution in [-0.4, -0.2) is 6.72 Å². The highest BCUT2D eigenvalue weighted by molar-refractivity contribution is 5.67. The van der Waals surface area contributed by atoms with Gasteiger partial charge < -0.3 is 0 Å². The summed E-state index contributed by atoms with van der Waals surface area (Å²) in [5.74, 6) is 0. The van der Waals surface area contributed by atoms with Crippen LogP contribution in [0.25, 0.3) is 6.08 Å². The van der Waals surface area contributed by atoms with Crippen LogP contribution in [0.3, 0.4) is 0 Å². The van der Waals surface area contributed by atoms with Crippen molar-refractivity contribution in [2.24, 2.45) is 4.99 Å². The topological polar surface area (TPSA) is 12.4 Å². The molecule has 0 unspecified atom stereocenters. The maximum absolute atomic E-state index is 3.88. The van der Waals surface area contributed by atoms with E-state index in [0.29, 0.717) is 0 Å². The van der Waals surface area contributed by atoms with Crippen molar-refractivity contribution >= 4 is 18.5 Å². The van der Waals surface area contributed by atoms with Crippen molar-refractivity contribution in [1.82, 2.24) is 0 Å². The molecular formula is C12H17N. The van der Waals surface area contributed by atoms with Crippen LogP contribution in [0.15, 0.2) is 29.8 Å². The third-order valence-corrected chi connectivity index (χ3v) is 1.68. The van der Waals surface area contributed by atoms with E-state index in [0.717, 1.165) is 11.3 Å². The van der Waals surface area contributed by atoms with Gasteiger partial charge in [0, 0.05) is 5.56 Å². The normalized spacial score (nSPS) is 8.23. The molecule has 0 N–H and O–H groups in total. The summed E-state index contributed by atoms with van der Waals surface area (Å²) in [4.78, 5) is 3.88. The smallest absolute Gasteiger partial charge is 0.0697 e. The Morgan fingerprint density at radius 3 is 2.31 bits per heavy atom. The Kier molecular flexibility index (Phi) is 5.53. The maximum Gasteiger partial charge on any atom is 0.0697 e.